The number of hydrogen-bond acceptors (Lipinski definition) is 6. The summed E-state index contributed by atoms with van der Waals surface area (Å²) in [7, 11) is 5.02. The van der Waals surface area contributed by atoms with Gasteiger partial charge in [-0.1, -0.05) is 5.16 Å². The van der Waals surface area contributed by atoms with Crippen LogP contribution in [0.3, 0.4) is 0 Å². The number of aliphatic imine (C=N–C) groups is 1. The number of thiazole rings is 1. The van der Waals surface area contributed by atoms with Crippen molar-refractivity contribution >= 4 is 57.8 Å². The minimum Gasteiger partial charge on any atom is -0.398 e. The minimum absolute atomic E-state index is 0. The summed E-state index contributed by atoms with van der Waals surface area (Å²) in [5.41, 5.74) is 0.319. The van der Waals surface area contributed by atoms with Crippen molar-refractivity contribution in [3.8, 4) is 0 Å². The molecule has 0 fully saturated rings. The van der Waals surface area contributed by atoms with Crippen molar-refractivity contribution in [2.45, 2.75) is 0 Å². The average Bonchev–Trinajstić information content (AvgIpc) is 2.71. The van der Waals surface area contributed by atoms with E-state index in [4.69, 9.17) is 11.6 Å². The Balaban J connectivity index is 0.00000289. The first-order valence-corrected chi connectivity index (χ1v) is 5.78. The largest absolute Gasteiger partial charge is 0.398 e. The van der Waals surface area contributed by atoms with Gasteiger partial charge in [0, 0.05) is 19.5 Å². The molecule has 100 valence electrons. The first-order chi connectivity index (χ1) is 8.04. The molecule has 0 aliphatic rings. The fourth-order valence-electron chi connectivity index (χ4n) is 0.872. The maximum Gasteiger partial charge on any atom is 0.276 e. The van der Waals surface area contributed by atoms with E-state index in [-0.39, 0.29) is 18.1 Å². The molecule has 6 nitrogen and oxygen atoms in total. The molecule has 1 heterocycles. The van der Waals surface area contributed by atoms with E-state index in [0.717, 1.165) is 0 Å². The van der Waals surface area contributed by atoms with Gasteiger partial charge < -0.3 is 9.74 Å². The summed E-state index contributed by atoms with van der Waals surface area (Å²) in [6.07, 6.45) is 1.61. The Labute approximate surface area is 120 Å². The standard InChI is InChI=1S/C9H11ClN4O2S.ClH/c1-14(2)5-11-9-12-6(4-17-9)7(8(10)15)13-16-3;/h4-5H,1-3H3;1H/b11-5?,13-7-;. The van der Waals surface area contributed by atoms with Crippen LogP contribution in [0.25, 0.3) is 0 Å². The van der Waals surface area contributed by atoms with Crippen molar-refractivity contribution in [1.82, 2.24) is 9.88 Å². The van der Waals surface area contributed by atoms with Crippen molar-refractivity contribution in [3.63, 3.8) is 0 Å². The molecule has 0 aliphatic carbocycles. The molecule has 1 rings (SSSR count). The van der Waals surface area contributed by atoms with E-state index in [2.05, 4.69) is 20.0 Å². The zero-order valence-corrected chi connectivity index (χ0v) is 12.3. The summed E-state index contributed by atoms with van der Waals surface area (Å²) < 4.78 is 0. The lowest BCUT2D eigenvalue weighted by atomic mass is 10.3. The summed E-state index contributed by atoms with van der Waals surface area (Å²) in [6, 6.07) is 0. The van der Waals surface area contributed by atoms with Crippen LogP contribution in [0.1, 0.15) is 5.69 Å². The van der Waals surface area contributed by atoms with Crippen molar-refractivity contribution < 1.29 is 9.63 Å². The van der Waals surface area contributed by atoms with E-state index >= 15 is 0 Å². The predicted octanol–water partition coefficient (Wildman–Crippen LogP) is 1.90. The van der Waals surface area contributed by atoms with Crippen LogP contribution in [-0.4, -0.2) is 48.4 Å². The molecule has 0 radical (unpaired) electrons. The van der Waals surface area contributed by atoms with Crippen LogP contribution in [0.2, 0.25) is 0 Å². The summed E-state index contributed by atoms with van der Waals surface area (Å²) in [5.74, 6) is 0. The molecule has 0 aliphatic heterocycles. The Morgan fingerprint density at radius 3 is 2.78 bits per heavy atom. The maximum atomic E-state index is 11.1. The molecule has 1 aromatic rings. The van der Waals surface area contributed by atoms with Gasteiger partial charge in [-0.2, -0.15) is 0 Å². The number of carbonyl (C=O) groups excluding carboxylic acids is 1. The normalized spacial score (nSPS) is 11.2. The van der Waals surface area contributed by atoms with Crippen molar-refractivity contribution in [2.24, 2.45) is 10.1 Å². The van der Waals surface area contributed by atoms with Crippen LogP contribution in [0.4, 0.5) is 5.13 Å². The fourth-order valence-corrected chi connectivity index (χ4v) is 1.64. The van der Waals surface area contributed by atoms with Gasteiger partial charge >= 0.3 is 0 Å². The Morgan fingerprint density at radius 1 is 1.61 bits per heavy atom. The highest BCUT2D eigenvalue weighted by molar-refractivity contribution is 7.13. The SMILES string of the molecule is CO/N=C(\C(=O)Cl)c1csc(N=CN(C)C)n1.Cl. The Hall–Kier alpha value is -1.18. The van der Waals surface area contributed by atoms with Crippen molar-refractivity contribution in [1.29, 1.82) is 0 Å². The highest BCUT2D eigenvalue weighted by Crippen LogP contribution is 2.19. The molecule has 0 N–H and O–H groups in total. The Kier molecular flexibility index (Phi) is 7.49. The maximum absolute atomic E-state index is 11.1. The van der Waals surface area contributed by atoms with Crippen LogP contribution < -0.4 is 0 Å². The van der Waals surface area contributed by atoms with Gasteiger partial charge in [0.1, 0.15) is 12.8 Å². The zero-order chi connectivity index (χ0) is 12.8. The van der Waals surface area contributed by atoms with E-state index in [1.807, 2.05) is 14.1 Å². The molecule has 0 saturated heterocycles. The van der Waals surface area contributed by atoms with Gasteiger partial charge in [0.15, 0.2) is 5.71 Å². The average molecular weight is 311 g/mol. The molecule has 0 bridgehead atoms. The Morgan fingerprint density at radius 2 is 2.28 bits per heavy atom. The second-order valence-corrected chi connectivity index (χ2v) is 4.30. The van der Waals surface area contributed by atoms with Gasteiger partial charge in [-0.05, 0) is 11.6 Å². The molecule has 9 heteroatoms. The third-order valence-corrected chi connectivity index (χ3v) is 2.43. The minimum atomic E-state index is -0.722. The second-order valence-electron chi connectivity index (χ2n) is 3.12. The van der Waals surface area contributed by atoms with Gasteiger partial charge in [-0.25, -0.2) is 9.98 Å². The number of hydrogen-bond donors (Lipinski definition) is 0. The number of halogens is 2. The van der Waals surface area contributed by atoms with E-state index < -0.39 is 5.24 Å². The van der Waals surface area contributed by atoms with Gasteiger partial charge in [-0.15, -0.1) is 23.7 Å². The number of carbonyl (C=O) groups is 1. The van der Waals surface area contributed by atoms with Crippen molar-refractivity contribution in [3.05, 3.63) is 11.1 Å². The monoisotopic (exact) mass is 310 g/mol. The van der Waals surface area contributed by atoms with Crippen LogP contribution >= 0.6 is 35.3 Å². The Bertz CT molecular complexity index is 459. The third-order valence-electron chi connectivity index (χ3n) is 1.50. The topological polar surface area (TPSA) is 67.2 Å². The van der Waals surface area contributed by atoms with Gasteiger partial charge in [0.05, 0.1) is 6.34 Å². The summed E-state index contributed by atoms with van der Waals surface area (Å²) in [5, 5.41) is 4.95. The predicted molar refractivity (Wildman–Crippen MR) is 75.6 cm³/mol. The van der Waals surface area contributed by atoms with Gasteiger partial charge in [-0.3, -0.25) is 4.79 Å². The quantitative estimate of drug-likeness (QED) is 0.360. The van der Waals surface area contributed by atoms with Crippen LogP contribution in [0.15, 0.2) is 15.5 Å². The smallest absolute Gasteiger partial charge is 0.276 e. The molecule has 0 aromatic carbocycles. The number of aromatic nitrogens is 1. The zero-order valence-electron chi connectivity index (χ0n) is 9.95. The molecule has 1 aromatic heterocycles. The summed E-state index contributed by atoms with van der Waals surface area (Å²) in [6.45, 7) is 0. The summed E-state index contributed by atoms with van der Waals surface area (Å²) in [4.78, 5) is 25.6. The molecule has 0 amide bonds. The number of rotatable bonds is 5. The highest BCUT2D eigenvalue weighted by atomic mass is 35.5. The van der Waals surface area contributed by atoms with E-state index in [9.17, 15) is 4.79 Å². The lowest BCUT2D eigenvalue weighted by Gasteiger charge is -1.99. The van der Waals surface area contributed by atoms with Crippen LogP contribution in [0, 0.1) is 0 Å². The molecule has 0 spiro atoms. The van der Waals surface area contributed by atoms with Gasteiger partial charge in [0.25, 0.3) is 5.24 Å². The molecular weight excluding hydrogens is 299 g/mol. The van der Waals surface area contributed by atoms with E-state index in [0.29, 0.717) is 10.8 Å². The first-order valence-electron chi connectivity index (χ1n) is 4.52. The van der Waals surface area contributed by atoms with Crippen LogP contribution in [0.5, 0.6) is 0 Å². The van der Waals surface area contributed by atoms with E-state index in [1.54, 1.807) is 16.6 Å². The summed E-state index contributed by atoms with van der Waals surface area (Å²) >= 11 is 6.64. The number of oxime groups is 1. The highest BCUT2D eigenvalue weighted by Gasteiger charge is 2.16. The van der Waals surface area contributed by atoms with Crippen molar-refractivity contribution in [2.75, 3.05) is 21.2 Å². The number of nitrogens with zero attached hydrogens (tertiary/aromatic N) is 4. The second kappa shape index (κ2) is 8.02. The molecule has 18 heavy (non-hydrogen) atoms. The van der Waals surface area contributed by atoms with Gasteiger partial charge in [0.2, 0.25) is 5.13 Å². The third kappa shape index (κ3) is 4.99. The van der Waals surface area contributed by atoms with Crippen LogP contribution in [-0.2, 0) is 9.63 Å². The molecule has 0 atom stereocenters. The molecule has 0 saturated carbocycles. The lowest BCUT2D eigenvalue weighted by Crippen LogP contribution is -2.10. The fraction of sp³-hybridized carbons (Fsp3) is 0.333. The first kappa shape index (κ1) is 16.8. The lowest BCUT2D eigenvalue weighted by molar-refractivity contribution is -0.106. The molecule has 0 unspecified atom stereocenters. The van der Waals surface area contributed by atoms with E-state index in [1.165, 1.54) is 18.4 Å². The molecular formula is C9H12Cl2N4O2S.